The van der Waals surface area contributed by atoms with Crippen LogP contribution in [0.5, 0.6) is 11.5 Å². The van der Waals surface area contributed by atoms with Gasteiger partial charge in [-0.25, -0.2) is 0 Å². The lowest BCUT2D eigenvalue weighted by atomic mass is 10.0. The number of aromatic nitrogens is 1. The normalized spacial score (nSPS) is 16.8. The molecule has 2 aromatic rings. The zero-order valence-corrected chi connectivity index (χ0v) is 15.8. The Hall–Kier alpha value is -2.60. The highest BCUT2D eigenvalue weighted by atomic mass is 16.5. The molecular formula is C21H27N3O3. The fourth-order valence-corrected chi connectivity index (χ4v) is 3.35. The molecule has 1 aliphatic rings. The molecule has 0 aliphatic carbocycles. The molecule has 1 unspecified atom stereocenters. The number of rotatable bonds is 7. The molecule has 1 saturated heterocycles. The van der Waals surface area contributed by atoms with E-state index in [1.165, 1.54) is 0 Å². The number of ether oxygens (including phenoxy) is 2. The Morgan fingerprint density at radius 3 is 2.74 bits per heavy atom. The molecule has 1 aromatic carbocycles. The number of benzene rings is 1. The Balaban J connectivity index is 1.77. The first-order chi connectivity index (χ1) is 13.2. The monoisotopic (exact) mass is 369 g/mol. The first kappa shape index (κ1) is 19.2. The van der Waals surface area contributed by atoms with Crippen LogP contribution in [0.15, 0.2) is 42.7 Å². The van der Waals surface area contributed by atoms with Crippen molar-refractivity contribution >= 4 is 5.91 Å². The number of likely N-dealkylation sites (tertiary alicyclic amines) is 1. The van der Waals surface area contributed by atoms with Gasteiger partial charge in [0.05, 0.1) is 6.61 Å². The van der Waals surface area contributed by atoms with E-state index in [0.717, 1.165) is 31.4 Å². The Labute approximate surface area is 160 Å². The lowest BCUT2D eigenvalue weighted by molar-refractivity contribution is 0.0623. The van der Waals surface area contributed by atoms with Crippen molar-refractivity contribution in [2.75, 3.05) is 19.7 Å². The van der Waals surface area contributed by atoms with Crippen LogP contribution in [-0.4, -0.2) is 41.5 Å². The van der Waals surface area contributed by atoms with Crippen molar-refractivity contribution in [3.05, 3.63) is 53.9 Å². The third-order valence-corrected chi connectivity index (χ3v) is 4.79. The van der Waals surface area contributed by atoms with Gasteiger partial charge in [0.1, 0.15) is 6.61 Å². The van der Waals surface area contributed by atoms with Gasteiger partial charge >= 0.3 is 0 Å². The summed E-state index contributed by atoms with van der Waals surface area (Å²) in [7, 11) is 0. The highest BCUT2D eigenvalue weighted by Crippen LogP contribution is 2.30. The Bertz CT molecular complexity index is 752. The lowest BCUT2D eigenvalue weighted by Crippen LogP contribution is -2.47. The third-order valence-electron chi connectivity index (χ3n) is 4.79. The molecule has 6 heteroatoms. The summed E-state index contributed by atoms with van der Waals surface area (Å²) in [4.78, 5) is 18.9. The van der Waals surface area contributed by atoms with Crippen LogP contribution in [0.3, 0.4) is 0 Å². The predicted octanol–water partition coefficient (Wildman–Crippen LogP) is 3.01. The summed E-state index contributed by atoms with van der Waals surface area (Å²) in [5, 5.41) is 0. The topological polar surface area (TPSA) is 77.7 Å². The summed E-state index contributed by atoms with van der Waals surface area (Å²) in [6.07, 6.45) is 6.58. The molecule has 0 saturated carbocycles. The molecule has 6 nitrogen and oxygen atoms in total. The molecule has 2 N–H and O–H groups in total. The number of hydrogen-bond acceptors (Lipinski definition) is 5. The summed E-state index contributed by atoms with van der Waals surface area (Å²) in [5.41, 5.74) is 7.49. The Morgan fingerprint density at radius 2 is 2.00 bits per heavy atom. The predicted molar refractivity (Wildman–Crippen MR) is 104 cm³/mol. The van der Waals surface area contributed by atoms with Crippen molar-refractivity contribution in [3.63, 3.8) is 0 Å². The first-order valence-corrected chi connectivity index (χ1v) is 9.52. The van der Waals surface area contributed by atoms with Gasteiger partial charge in [0.2, 0.25) is 0 Å². The summed E-state index contributed by atoms with van der Waals surface area (Å²) in [5.74, 6) is 1.21. The molecule has 1 amide bonds. The molecule has 3 rings (SSSR count). The van der Waals surface area contributed by atoms with Gasteiger partial charge in [0, 0.05) is 37.1 Å². The molecule has 27 heavy (non-hydrogen) atoms. The van der Waals surface area contributed by atoms with Crippen molar-refractivity contribution in [1.82, 2.24) is 9.88 Å². The molecule has 0 bridgehead atoms. The lowest BCUT2D eigenvalue weighted by Gasteiger charge is -2.35. The van der Waals surface area contributed by atoms with E-state index in [4.69, 9.17) is 15.2 Å². The van der Waals surface area contributed by atoms with Crippen LogP contribution in [0, 0.1) is 0 Å². The van der Waals surface area contributed by atoms with Crippen molar-refractivity contribution in [3.8, 4) is 11.5 Å². The van der Waals surface area contributed by atoms with Gasteiger partial charge in [-0.1, -0.05) is 0 Å². The second kappa shape index (κ2) is 9.37. The standard InChI is InChI=1S/C21H27N3O3/c1-2-26-20-13-17(21(25)24-12-4-3-5-18(24)14-22)6-7-19(20)27-15-16-8-10-23-11-9-16/h6-11,13,18H,2-5,12,14-15,22H2,1H3. The van der Waals surface area contributed by atoms with E-state index in [1.54, 1.807) is 30.6 Å². The number of nitrogens with two attached hydrogens (primary N) is 1. The van der Waals surface area contributed by atoms with Gasteiger partial charge in [-0.15, -0.1) is 0 Å². The number of piperidine rings is 1. The van der Waals surface area contributed by atoms with Crippen molar-refractivity contribution < 1.29 is 14.3 Å². The smallest absolute Gasteiger partial charge is 0.254 e. The minimum absolute atomic E-state index is 0.00628. The fraction of sp³-hybridized carbons (Fsp3) is 0.429. The van der Waals surface area contributed by atoms with E-state index < -0.39 is 0 Å². The number of hydrogen-bond donors (Lipinski definition) is 1. The molecule has 0 radical (unpaired) electrons. The maximum atomic E-state index is 13.0. The molecular weight excluding hydrogens is 342 g/mol. The molecule has 144 valence electrons. The van der Waals surface area contributed by atoms with Crippen LogP contribution in [0.25, 0.3) is 0 Å². The van der Waals surface area contributed by atoms with E-state index in [2.05, 4.69) is 4.98 Å². The maximum absolute atomic E-state index is 13.0. The summed E-state index contributed by atoms with van der Waals surface area (Å²) < 4.78 is 11.6. The van der Waals surface area contributed by atoms with Gasteiger partial charge in [0.25, 0.3) is 5.91 Å². The number of pyridine rings is 1. The first-order valence-electron chi connectivity index (χ1n) is 9.52. The SMILES string of the molecule is CCOc1cc(C(=O)N2CCCCC2CN)ccc1OCc1ccncc1. The molecule has 1 fully saturated rings. The number of carbonyl (C=O) groups excluding carboxylic acids is 1. The number of amides is 1. The minimum Gasteiger partial charge on any atom is -0.490 e. The third kappa shape index (κ3) is 4.77. The second-order valence-corrected chi connectivity index (χ2v) is 6.62. The van der Waals surface area contributed by atoms with Gasteiger partial charge < -0.3 is 20.1 Å². The quantitative estimate of drug-likeness (QED) is 0.812. The number of carbonyl (C=O) groups is 1. The largest absolute Gasteiger partial charge is 0.490 e. The Kier molecular flexibility index (Phi) is 6.65. The van der Waals surface area contributed by atoms with Crippen LogP contribution in [0.2, 0.25) is 0 Å². The van der Waals surface area contributed by atoms with Crippen LogP contribution in [0.1, 0.15) is 42.1 Å². The molecule has 0 spiro atoms. The summed E-state index contributed by atoms with van der Waals surface area (Å²) in [6.45, 7) is 4.08. The summed E-state index contributed by atoms with van der Waals surface area (Å²) >= 11 is 0. The van der Waals surface area contributed by atoms with E-state index >= 15 is 0 Å². The van der Waals surface area contributed by atoms with Crippen LogP contribution < -0.4 is 15.2 Å². The van der Waals surface area contributed by atoms with Crippen molar-refractivity contribution in [2.45, 2.75) is 38.8 Å². The second-order valence-electron chi connectivity index (χ2n) is 6.62. The molecule has 1 atom stereocenters. The van der Waals surface area contributed by atoms with E-state index in [-0.39, 0.29) is 11.9 Å². The van der Waals surface area contributed by atoms with Crippen LogP contribution in [-0.2, 0) is 6.61 Å². The minimum atomic E-state index is 0.00628. The average Bonchev–Trinajstić information content (AvgIpc) is 2.73. The zero-order valence-electron chi connectivity index (χ0n) is 15.8. The van der Waals surface area contributed by atoms with E-state index in [0.29, 0.717) is 36.8 Å². The molecule has 1 aromatic heterocycles. The van der Waals surface area contributed by atoms with E-state index in [9.17, 15) is 4.79 Å². The maximum Gasteiger partial charge on any atom is 0.254 e. The van der Waals surface area contributed by atoms with Gasteiger partial charge in [-0.05, 0) is 62.1 Å². The fourth-order valence-electron chi connectivity index (χ4n) is 3.35. The van der Waals surface area contributed by atoms with Gasteiger partial charge in [0.15, 0.2) is 11.5 Å². The van der Waals surface area contributed by atoms with Crippen molar-refractivity contribution in [2.24, 2.45) is 5.73 Å². The van der Waals surface area contributed by atoms with Crippen LogP contribution >= 0.6 is 0 Å². The Morgan fingerprint density at radius 1 is 1.19 bits per heavy atom. The average molecular weight is 369 g/mol. The molecule has 1 aliphatic heterocycles. The number of nitrogens with zero attached hydrogens (tertiary/aromatic N) is 2. The molecule has 2 heterocycles. The van der Waals surface area contributed by atoms with Crippen LogP contribution in [0.4, 0.5) is 0 Å². The highest BCUT2D eigenvalue weighted by molar-refractivity contribution is 5.95. The zero-order chi connectivity index (χ0) is 19.1. The highest BCUT2D eigenvalue weighted by Gasteiger charge is 2.27. The van der Waals surface area contributed by atoms with Gasteiger partial charge in [-0.3, -0.25) is 9.78 Å². The van der Waals surface area contributed by atoms with Gasteiger partial charge in [-0.2, -0.15) is 0 Å². The van der Waals surface area contributed by atoms with Crippen molar-refractivity contribution in [1.29, 1.82) is 0 Å². The summed E-state index contributed by atoms with van der Waals surface area (Å²) in [6, 6.07) is 9.30. The van der Waals surface area contributed by atoms with E-state index in [1.807, 2.05) is 24.0 Å².